The Labute approximate surface area is 147 Å². The molecule has 26 heavy (non-hydrogen) atoms. The molecule has 0 aliphatic heterocycles. The van der Waals surface area contributed by atoms with Crippen molar-refractivity contribution in [2.45, 2.75) is 19.1 Å². The number of esters is 1. The van der Waals surface area contributed by atoms with E-state index in [1.54, 1.807) is 18.2 Å². The lowest BCUT2D eigenvalue weighted by atomic mass is 10.0. The third-order valence-corrected chi connectivity index (χ3v) is 3.56. The topological polar surface area (TPSA) is 75.6 Å². The van der Waals surface area contributed by atoms with Gasteiger partial charge in [-0.05, 0) is 24.6 Å². The van der Waals surface area contributed by atoms with Gasteiger partial charge in [-0.1, -0.05) is 30.3 Å². The average molecular weight is 367 g/mol. The standard InChI is InChI=1S/C18H16F3NO4/c1-2-26-18(25)15(16(23)10-6-4-3-5-7-10)22-17(24)11-8-9-12(19)14(21)13(11)20/h3-9,15-16,23H,2H2,1H3,(H,22,24). The maximum absolute atomic E-state index is 13.8. The van der Waals surface area contributed by atoms with Crippen molar-refractivity contribution in [2.24, 2.45) is 0 Å². The van der Waals surface area contributed by atoms with Gasteiger partial charge in [-0.2, -0.15) is 0 Å². The third-order valence-electron chi connectivity index (χ3n) is 3.56. The average Bonchev–Trinajstić information content (AvgIpc) is 2.64. The van der Waals surface area contributed by atoms with Crippen molar-refractivity contribution < 1.29 is 32.6 Å². The lowest BCUT2D eigenvalue weighted by molar-refractivity contribution is -0.148. The number of rotatable bonds is 6. The molecule has 0 saturated heterocycles. The first-order valence-corrected chi connectivity index (χ1v) is 7.70. The van der Waals surface area contributed by atoms with Gasteiger partial charge in [-0.25, -0.2) is 18.0 Å². The van der Waals surface area contributed by atoms with Gasteiger partial charge in [0.25, 0.3) is 5.91 Å². The smallest absolute Gasteiger partial charge is 0.331 e. The zero-order valence-electron chi connectivity index (χ0n) is 13.7. The van der Waals surface area contributed by atoms with Crippen LogP contribution < -0.4 is 5.32 Å². The fraction of sp³-hybridized carbons (Fsp3) is 0.222. The van der Waals surface area contributed by atoms with Crippen LogP contribution in [0.15, 0.2) is 42.5 Å². The quantitative estimate of drug-likeness (QED) is 0.608. The Hall–Kier alpha value is -2.87. The summed E-state index contributed by atoms with van der Waals surface area (Å²) in [6, 6.07) is 7.68. The summed E-state index contributed by atoms with van der Waals surface area (Å²) >= 11 is 0. The van der Waals surface area contributed by atoms with E-state index in [0.717, 1.165) is 6.07 Å². The van der Waals surface area contributed by atoms with E-state index in [1.165, 1.54) is 19.1 Å². The van der Waals surface area contributed by atoms with Crippen LogP contribution in [0.4, 0.5) is 13.2 Å². The monoisotopic (exact) mass is 367 g/mol. The molecule has 5 nitrogen and oxygen atoms in total. The number of nitrogens with one attached hydrogen (secondary N) is 1. The predicted octanol–water partition coefficient (Wildman–Crippen LogP) is 2.50. The molecule has 2 N–H and O–H groups in total. The lowest BCUT2D eigenvalue weighted by Crippen LogP contribution is -2.46. The van der Waals surface area contributed by atoms with E-state index in [-0.39, 0.29) is 6.61 Å². The molecular weight excluding hydrogens is 351 g/mol. The van der Waals surface area contributed by atoms with Crippen LogP contribution in [0.5, 0.6) is 0 Å². The Kier molecular flexibility index (Phi) is 6.35. The van der Waals surface area contributed by atoms with Gasteiger partial charge in [-0.15, -0.1) is 0 Å². The van der Waals surface area contributed by atoms with Crippen LogP contribution in [0.25, 0.3) is 0 Å². The Balaban J connectivity index is 2.31. The molecule has 0 aliphatic carbocycles. The van der Waals surface area contributed by atoms with Crippen LogP contribution in [0.1, 0.15) is 28.9 Å². The zero-order valence-corrected chi connectivity index (χ0v) is 13.7. The van der Waals surface area contributed by atoms with Crippen LogP contribution in [-0.4, -0.2) is 29.6 Å². The molecule has 0 aromatic heterocycles. The summed E-state index contributed by atoms with van der Waals surface area (Å²) in [5.74, 6) is -7.12. The van der Waals surface area contributed by atoms with Crippen molar-refractivity contribution in [1.82, 2.24) is 5.32 Å². The van der Waals surface area contributed by atoms with Crippen LogP contribution in [0.2, 0.25) is 0 Å². The van der Waals surface area contributed by atoms with Crippen LogP contribution >= 0.6 is 0 Å². The van der Waals surface area contributed by atoms with Gasteiger partial charge < -0.3 is 15.2 Å². The normalized spacial score (nSPS) is 13.0. The molecule has 2 aromatic carbocycles. The molecule has 2 rings (SSSR count). The minimum Gasteiger partial charge on any atom is -0.464 e. The maximum atomic E-state index is 13.8. The molecule has 0 aliphatic rings. The van der Waals surface area contributed by atoms with Crippen molar-refractivity contribution >= 4 is 11.9 Å². The SMILES string of the molecule is CCOC(=O)C(NC(=O)c1ccc(F)c(F)c1F)C(O)c1ccccc1. The van der Waals surface area contributed by atoms with Gasteiger partial charge in [-0.3, -0.25) is 4.79 Å². The van der Waals surface area contributed by atoms with Gasteiger partial charge in [0.05, 0.1) is 12.2 Å². The minimum absolute atomic E-state index is 0.0216. The highest BCUT2D eigenvalue weighted by Gasteiger charge is 2.32. The van der Waals surface area contributed by atoms with Crippen LogP contribution in [0.3, 0.4) is 0 Å². The largest absolute Gasteiger partial charge is 0.464 e. The molecule has 0 fully saturated rings. The van der Waals surface area contributed by atoms with E-state index >= 15 is 0 Å². The van der Waals surface area contributed by atoms with E-state index in [9.17, 15) is 27.9 Å². The number of aliphatic hydroxyl groups is 1. The highest BCUT2D eigenvalue weighted by atomic mass is 19.2. The van der Waals surface area contributed by atoms with E-state index < -0.39 is 47.0 Å². The minimum atomic E-state index is -1.81. The Morgan fingerprint density at radius 3 is 2.35 bits per heavy atom. The number of ether oxygens (including phenoxy) is 1. The second-order valence-electron chi connectivity index (χ2n) is 5.28. The summed E-state index contributed by atoms with van der Waals surface area (Å²) in [5, 5.41) is 12.5. The number of hydrogen-bond acceptors (Lipinski definition) is 4. The third kappa shape index (κ3) is 4.20. The van der Waals surface area contributed by atoms with Gasteiger partial charge in [0.1, 0.15) is 6.10 Å². The number of carbonyl (C=O) groups is 2. The number of carbonyl (C=O) groups excluding carboxylic acids is 2. The van der Waals surface area contributed by atoms with Crippen LogP contribution in [-0.2, 0) is 9.53 Å². The molecule has 2 atom stereocenters. The first kappa shape index (κ1) is 19.5. The van der Waals surface area contributed by atoms with Gasteiger partial charge in [0, 0.05) is 0 Å². The Bertz CT molecular complexity index is 799. The summed E-state index contributed by atoms with van der Waals surface area (Å²) in [5.41, 5.74) is -0.505. The lowest BCUT2D eigenvalue weighted by Gasteiger charge is -2.23. The van der Waals surface area contributed by atoms with Crippen molar-refractivity contribution in [1.29, 1.82) is 0 Å². The van der Waals surface area contributed by atoms with Crippen molar-refractivity contribution in [3.8, 4) is 0 Å². The fourth-order valence-electron chi connectivity index (χ4n) is 2.26. The van der Waals surface area contributed by atoms with E-state index in [2.05, 4.69) is 5.32 Å². The summed E-state index contributed by atoms with van der Waals surface area (Å²) in [4.78, 5) is 24.3. The molecular formula is C18H16F3NO4. The summed E-state index contributed by atoms with van der Waals surface area (Å²) in [6.45, 7) is 1.51. The second-order valence-corrected chi connectivity index (χ2v) is 5.28. The summed E-state index contributed by atoms with van der Waals surface area (Å²) in [6.07, 6.45) is -1.49. The van der Waals surface area contributed by atoms with Crippen molar-refractivity contribution in [2.75, 3.05) is 6.61 Å². The number of benzene rings is 2. The van der Waals surface area contributed by atoms with E-state index in [1.807, 2.05) is 0 Å². The second kappa shape index (κ2) is 8.48. The number of hydrogen-bond donors (Lipinski definition) is 2. The molecule has 0 spiro atoms. The first-order valence-electron chi connectivity index (χ1n) is 7.70. The van der Waals surface area contributed by atoms with Crippen molar-refractivity contribution in [3.05, 3.63) is 71.0 Å². The summed E-state index contributed by atoms with van der Waals surface area (Å²) in [7, 11) is 0. The van der Waals surface area contributed by atoms with Gasteiger partial charge >= 0.3 is 5.97 Å². The highest BCUT2D eigenvalue weighted by Crippen LogP contribution is 2.20. The highest BCUT2D eigenvalue weighted by molar-refractivity contribution is 5.97. The van der Waals surface area contributed by atoms with Gasteiger partial charge in [0.15, 0.2) is 23.5 Å². The van der Waals surface area contributed by atoms with Crippen LogP contribution in [0, 0.1) is 17.5 Å². The molecule has 0 radical (unpaired) electrons. The number of aliphatic hydroxyl groups excluding tert-OH is 1. The molecule has 0 saturated carbocycles. The molecule has 138 valence electrons. The van der Waals surface area contributed by atoms with E-state index in [0.29, 0.717) is 11.6 Å². The number of halogens is 3. The fourth-order valence-corrected chi connectivity index (χ4v) is 2.26. The van der Waals surface area contributed by atoms with E-state index in [4.69, 9.17) is 4.74 Å². The molecule has 2 unspecified atom stereocenters. The number of amides is 1. The van der Waals surface area contributed by atoms with Crippen molar-refractivity contribution in [3.63, 3.8) is 0 Å². The Morgan fingerprint density at radius 2 is 1.73 bits per heavy atom. The predicted molar refractivity (Wildman–Crippen MR) is 85.6 cm³/mol. The first-order chi connectivity index (χ1) is 12.4. The molecule has 0 bridgehead atoms. The molecule has 0 heterocycles. The zero-order chi connectivity index (χ0) is 19.3. The Morgan fingerprint density at radius 1 is 1.08 bits per heavy atom. The molecule has 8 heteroatoms. The summed E-state index contributed by atoms with van der Waals surface area (Å²) < 4.78 is 44.9. The molecule has 1 amide bonds. The van der Waals surface area contributed by atoms with Gasteiger partial charge in [0.2, 0.25) is 0 Å². The maximum Gasteiger partial charge on any atom is 0.331 e. The molecule has 2 aromatic rings.